The van der Waals surface area contributed by atoms with Crippen LogP contribution in [0.3, 0.4) is 0 Å². The van der Waals surface area contributed by atoms with Gasteiger partial charge < -0.3 is 14.2 Å². The molecule has 2 aliphatic rings. The van der Waals surface area contributed by atoms with Crippen LogP contribution < -0.4 is 0 Å². The van der Waals surface area contributed by atoms with Gasteiger partial charge in [0.25, 0.3) is 0 Å². The average Bonchev–Trinajstić information content (AvgIpc) is 2.66. The summed E-state index contributed by atoms with van der Waals surface area (Å²) in [5.74, 6) is -1.42. The highest BCUT2D eigenvalue weighted by Crippen LogP contribution is 2.34. The Labute approximate surface area is 155 Å². The van der Waals surface area contributed by atoms with E-state index in [-0.39, 0.29) is 37.2 Å². The zero-order chi connectivity index (χ0) is 18.9. The van der Waals surface area contributed by atoms with Gasteiger partial charge in [0.05, 0.1) is 11.8 Å². The number of rotatable bonds is 7. The van der Waals surface area contributed by atoms with Crippen LogP contribution in [-0.2, 0) is 28.6 Å². The summed E-state index contributed by atoms with van der Waals surface area (Å²) in [5, 5.41) is 0. The molecule has 2 saturated carbocycles. The molecule has 26 heavy (non-hydrogen) atoms. The Balaban J connectivity index is 1.84. The van der Waals surface area contributed by atoms with Crippen LogP contribution >= 0.6 is 0 Å². The van der Waals surface area contributed by atoms with E-state index in [0.29, 0.717) is 25.2 Å². The van der Waals surface area contributed by atoms with Gasteiger partial charge in [-0.15, -0.1) is 0 Å². The van der Waals surface area contributed by atoms with Crippen molar-refractivity contribution in [2.45, 2.75) is 77.7 Å². The van der Waals surface area contributed by atoms with Crippen molar-refractivity contribution in [2.75, 3.05) is 13.2 Å². The molecule has 4 atom stereocenters. The SMILES string of the molecule is CCC(=O)OCCOC(=O)C1CCCCC1C(=O)OC1CCCCC1C. The summed E-state index contributed by atoms with van der Waals surface area (Å²) in [4.78, 5) is 36.2. The number of hydrogen-bond donors (Lipinski definition) is 0. The Morgan fingerprint density at radius 3 is 2.04 bits per heavy atom. The topological polar surface area (TPSA) is 78.9 Å². The Morgan fingerprint density at radius 2 is 1.38 bits per heavy atom. The molecule has 0 aromatic carbocycles. The van der Waals surface area contributed by atoms with Crippen LogP contribution in [0.1, 0.15) is 71.6 Å². The van der Waals surface area contributed by atoms with E-state index in [2.05, 4.69) is 6.92 Å². The first-order valence-corrected chi connectivity index (χ1v) is 10.1. The minimum Gasteiger partial charge on any atom is -0.462 e. The smallest absolute Gasteiger partial charge is 0.310 e. The third-order valence-corrected chi connectivity index (χ3v) is 5.55. The van der Waals surface area contributed by atoms with Gasteiger partial charge in [0.15, 0.2) is 0 Å². The predicted octanol–water partition coefficient (Wildman–Crippen LogP) is 3.41. The fourth-order valence-corrected chi connectivity index (χ4v) is 3.90. The molecule has 6 nitrogen and oxygen atoms in total. The maximum absolute atomic E-state index is 12.7. The van der Waals surface area contributed by atoms with Crippen molar-refractivity contribution in [3.8, 4) is 0 Å². The first kappa shape index (κ1) is 20.7. The van der Waals surface area contributed by atoms with Crippen LogP contribution in [0.5, 0.6) is 0 Å². The van der Waals surface area contributed by atoms with Crippen LogP contribution in [0.4, 0.5) is 0 Å². The van der Waals surface area contributed by atoms with Gasteiger partial charge in [-0.3, -0.25) is 14.4 Å². The first-order chi connectivity index (χ1) is 12.5. The van der Waals surface area contributed by atoms with Crippen molar-refractivity contribution in [3.05, 3.63) is 0 Å². The lowest BCUT2D eigenvalue weighted by atomic mass is 9.79. The lowest BCUT2D eigenvalue weighted by molar-refractivity contribution is -0.169. The van der Waals surface area contributed by atoms with Crippen LogP contribution in [-0.4, -0.2) is 37.2 Å². The standard InChI is InChI=1S/C20H32O6/c1-3-18(21)24-12-13-25-19(22)15-9-5-6-10-16(15)20(23)26-17-11-7-4-8-14(17)2/h14-17H,3-13H2,1-2H3. The number of carbonyl (C=O) groups is 3. The van der Waals surface area contributed by atoms with Crippen molar-refractivity contribution >= 4 is 17.9 Å². The van der Waals surface area contributed by atoms with E-state index in [1.807, 2.05) is 0 Å². The Morgan fingerprint density at radius 1 is 0.808 bits per heavy atom. The normalized spacial score (nSPS) is 28.8. The molecule has 2 fully saturated rings. The Bertz CT molecular complexity index is 489. The van der Waals surface area contributed by atoms with E-state index in [9.17, 15) is 14.4 Å². The molecule has 0 N–H and O–H groups in total. The number of ether oxygens (including phenoxy) is 3. The third kappa shape index (κ3) is 5.99. The van der Waals surface area contributed by atoms with Crippen LogP contribution in [0.15, 0.2) is 0 Å². The van der Waals surface area contributed by atoms with Crippen molar-refractivity contribution in [2.24, 2.45) is 17.8 Å². The van der Waals surface area contributed by atoms with E-state index in [4.69, 9.17) is 14.2 Å². The minimum atomic E-state index is -0.447. The fraction of sp³-hybridized carbons (Fsp3) is 0.850. The molecule has 2 aliphatic carbocycles. The molecular weight excluding hydrogens is 336 g/mol. The van der Waals surface area contributed by atoms with Gasteiger partial charge in [0, 0.05) is 6.42 Å². The molecule has 0 amide bonds. The quantitative estimate of drug-likeness (QED) is 0.389. The highest BCUT2D eigenvalue weighted by molar-refractivity contribution is 5.82. The molecule has 4 unspecified atom stereocenters. The molecule has 0 saturated heterocycles. The molecule has 0 aliphatic heterocycles. The van der Waals surface area contributed by atoms with Crippen molar-refractivity contribution in [1.82, 2.24) is 0 Å². The second-order valence-corrected chi connectivity index (χ2v) is 7.48. The zero-order valence-corrected chi connectivity index (χ0v) is 16.0. The molecule has 0 spiro atoms. The second-order valence-electron chi connectivity index (χ2n) is 7.48. The monoisotopic (exact) mass is 368 g/mol. The summed E-state index contributed by atoms with van der Waals surface area (Å²) in [6.07, 6.45) is 7.71. The van der Waals surface area contributed by atoms with E-state index in [1.54, 1.807) is 6.92 Å². The maximum atomic E-state index is 12.7. The molecule has 0 radical (unpaired) electrons. The number of esters is 3. The molecule has 6 heteroatoms. The van der Waals surface area contributed by atoms with E-state index < -0.39 is 11.8 Å². The minimum absolute atomic E-state index is 0.0247. The molecular formula is C20H32O6. The van der Waals surface area contributed by atoms with Crippen molar-refractivity contribution in [1.29, 1.82) is 0 Å². The van der Waals surface area contributed by atoms with Crippen LogP contribution in [0.2, 0.25) is 0 Å². The zero-order valence-electron chi connectivity index (χ0n) is 16.0. The summed E-state index contributed by atoms with van der Waals surface area (Å²) in [7, 11) is 0. The van der Waals surface area contributed by atoms with Gasteiger partial charge >= 0.3 is 17.9 Å². The van der Waals surface area contributed by atoms with Crippen molar-refractivity contribution < 1.29 is 28.6 Å². The molecule has 0 heterocycles. The lowest BCUT2D eigenvalue weighted by Gasteiger charge is -2.33. The summed E-state index contributed by atoms with van der Waals surface area (Å²) in [5.41, 5.74) is 0. The molecule has 0 aromatic rings. The summed E-state index contributed by atoms with van der Waals surface area (Å²) < 4.78 is 15.9. The van der Waals surface area contributed by atoms with Crippen LogP contribution in [0, 0.1) is 17.8 Å². The second kappa shape index (κ2) is 10.5. The van der Waals surface area contributed by atoms with E-state index in [0.717, 1.165) is 32.1 Å². The van der Waals surface area contributed by atoms with E-state index >= 15 is 0 Å². The highest BCUT2D eigenvalue weighted by atomic mass is 16.6. The van der Waals surface area contributed by atoms with Gasteiger partial charge in [-0.05, 0) is 38.0 Å². The maximum Gasteiger partial charge on any atom is 0.310 e. The van der Waals surface area contributed by atoms with Crippen LogP contribution in [0.25, 0.3) is 0 Å². The predicted molar refractivity (Wildman–Crippen MR) is 95.2 cm³/mol. The summed E-state index contributed by atoms with van der Waals surface area (Å²) in [6, 6.07) is 0. The highest BCUT2D eigenvalue weighted by Gasteiger charge is 2.39. The Kier molecular flexibility index (Phi) is 8.39. The van der Waals surface area contributed by atoms with Gasteiger partial charge in [0.2, 0.25) is 0 Å². The third-order valence-electron chi connectivity index (χ3n) is 5.55. The summed E-state index contributed by atoms with van der Waals surface area (Å²) in [6.45, 7) is 3.92. The van der Waals surface area contributed by atoms with Crippen molar-refractivity contribution in [3.63, 3.8) is 0 Å². The van der Waals surface area contributed by atoms with Gasteiger partial charge in [-0.25, -0.2) is 0 Å². The van der Waals surface area contributed by atoms with Gasteiger partial charge in [-0.1, -0.05) is 33.1 Å². The first-order valence-electron chi connectivity index (χ1n) is 10.1. The molecule has 148 valence electrons. The fourth-order valence-electron chi connectivity index (χ4n) is 3.90. The number of hydrogen-bond acceptors (Lipinski definition) is 6. The Hall–Kier alpha value is -1.59. The molecule has 2 rings (SSSR count). The molecule has 0 aromatic heterocycles. The molecule has 0 bridgehead atoms. The van der Waals surface area contributed by atoms with E-state index in [1.165, 1.54) is 6.42 Å². The summed E-state index contributed by atoms with van der Waals surface area (Å²) >= 11 is 0. The number of carbonyl (C=O) groups excluding carboxylic acids is 3. The largest absolute Gasteiger partial charge is 0.462 e. The lowest BCUT2D eigenvalue weighted by Crippen LogP contribution is -2.38. The van der Waals surface area contributed by atoms with Gasteiger partial charge in [-0.2, -0.15) is 0 Å². The van der Waals surface area contributed by atoms with Gasteiger partial charge in [0.1, 0.15) is 19.3 Å². The average molecular weight is 368 g/mol.